The first-order chi connectivity index (χ1) is 11.6. The molecule has 1 aliphatic rings. The van der Waals surface area contributed by atoms with Crippen molar-refractivity contribution in [3.05, 3.63) is 59.1 Å². The smallest absolute Gasteiger partial charge is 0.241 e. The molecule has 0 fully saturated rings. The van der Waals surface area contributed by atoms with Gasteiger partial charge in [-0.25, -0.2) is 5.43 Å². The van der Waals surface area contributed by atoms with Gasteiger partial charge in [-0.05, 0) is 29.8 Å². The maximum absolute atomic E-state index is 12.1. The Morgan fingerprint density at radius 3 is 2.96 bits per heavy atom. The zero-order chi connectivity index (χ0) is 16.9. The summed E-state index contributed by atoms with van der Waals surface area (Å²) >= 11 is 7.26. The molecule has 24 heavy (non-hydrogen) atoms. The minimum absolute atomic E-state index is 0.0533. The van der Waals surface area contributed by atoms with Crippen LogP contribution in [0.4, 0.5) is 5.69 Å². The van der Waals surface area contributed by atoms with E-state index in [1.807, 2.05) is 30.3 Å². The number of para-hydroxylation sites is 1. The van der Waals surface area contributed by atoms with Gasteiger partial charge in [0, 0.05) is 16.3 Å². The Morgan fingerprint density at radius 1 is 1.29 bits per heavy atom. The van der Waals surface area contributed by atoms with Crippen molar-refractivity contribution in [3.8, 4) is 0 Å². The average Bonchev–Trinajstić information content (AvgIpc) is 2.55. The van der Waals surface area contributed by atoms with Gasteiger partial charge in [0.1, 0.15) is 0 Å². The number of nitrogens with one attached hydrogen (secondary N) is 2. The van der Waals surface area contributed by atoms with E-state index in [-0.39, 0.29) is 18.2 Å². The van der Waals surface area contributed by atoms with E-state index in [1.54, 1.807) is 18.2 Å². The molecular weight excluding hydrogens is 346 g/mol. The van der Waals surface area contributed by atoms with Crippen molar-refractivity contribution in [2.24, 2.45) is 5.10 Å². The largest absolute Gasteiger partial charge is 0.324 e. The van der Waals surface area contributed by atoms with Gasteiger partial charge in [0.25, 0.3) is 0 Å². The highest BCUT2D eigenvalue weighted by Gasteiger charge is 2.28. The lowest BCUT2D eigenvalue weighted by molar-refractivity contribution is -0.124. The molecule has 7 heteroatoms. The minimum atomic E-state index is -0.471. The van der Waals surface area contributed by atoms with E-state index in [2.05, 4.69) is 15.8 Å². The number of halogens is 1. The van der Waals surface area contributed by atoms with Gasteiger partial charge in [0.05, 0.1) is 17.2 Å². The molecule has 0 saturated heterocycles. The summed E-state index contributed by atoms with van der Waals surface area (Å²) < 4.78 is 0. The Kier molecular flexibility index (Phi) is 5.17. The first kappa shape index (κ1) is 16.5. The van der Waals surface area contributed by atoms with Crippen molar-refractivity contribution in [1.82, 2.24) is 5.43 Å². The molecule has 0 saturated carbocycles. The topological polar surface area (TPSA) is 70.6 Å². The summed E-state index contributed by atoms with van der Waals surface area (Å²) in [4.78, 5) is 25.0. The monoisotopic (exact) mass is 359 g/mol. The highest BCUT2D eigenvalue weighted by molar-refractivity contribution is 8.01. The van der Waals surface area contributed by atoms with Crippen LogP contribution in [-0.2, 0) is 9.59 Å². The number of anilines is 1. The SMILES string of the molecule is O=C(CC1Sc2ccccc2NC1=O)N/N=C/c1cccc(Cl)c1. The van der Waals surface area contributed by atoms with Crippen LogP contribution in [0.1, 0.15) is 12.0 Å². The van der Waals surface area contributed by atoms with Gasteiger partial charge in [-0.15, -0.1) is 11.8 Å². The Balaban J connectivity index is 1.56. The van der Waals surface area contributed by atoms with Gasteiger partial charge in [-0.1, -0.05) is 35.9 Å². The molecule has 1 atom stereocenters. The second kappa shape index (κ2) is 7.51. The number of hydrogen-bond acceptors (Lipinski definition) is 4. The van der Waals surface area contributed by atoms with E-state index in [1.165, 1.54) is 18.0 Å². The van der Waals surface area contributed by atoms with Gasteiger partial charge in [0.15, 0.2) is 0 Å². The summed E-state index contributed by atoms with van der Waals surface area (Å²) in [5.74, 6) is -0.493. The minimum Gasteiger partial charge on any atom is -0.324 e. The predicted molar refractivity (Wildman–Crippen MR) is 96.5 cm³/mol. The molecule has 0 spiro atoms. The van der Waals surface area contributed by atoms with Crippen LogP contribution >= 0.6 is 23.4 Å². The van der Waals surface area contributed by atoms with Crippen LogP contribution < -0.4 is 10.7 Å². The fraction of sp³-hybridized carbons (Fsp3) is 0.118. The maximum Gasteiger partial charge on any atom is 0.241 e. The molecule has 0 aliphatic carbocycles. The standard InChI is InChI=1S/C17H14ClN3O2S/c18-12-5-3-4-11(8-12)10-19-21-16(22)9-15-17(23)20-13-6-1-2-7-14(13)24-15/h1-8,10,15H,9H2,(H,20,23)(H,21,22)/b19-10+. The fourth-order valence-corrected chi connectivity index (χ4v) is 3.52. The number of fused-ring (bicyclic) bond motifs is 1. The summed E-state index contributed by atoms with van der Waals surface area (Å²) in [7, 11) is 0. The summed E-state index contributed by atoms with van der Waals surface area (Å²) in [5, 5.41) is 6.83. The van der Waals surface area contributed by atoms with Crippen molar-refractivity contribution >= 4 is 47.1 Å². The number of nitrogens with zero attached hydrogens (tertiary/aromatic N) is 1. The lowest BCUT2D eigenvalue weighted by Crippen LogP contribution is -2.33. The Hall–Kier alpha value is -2.31. The summed E-state index contributed by atoms with van der Waals surface area (Å²) in [6.07, 6.45) is 1.56. The zero-order valence-corrected chi connectivity index (χ0v) is 14.1. The summed E-state index contributed by atoms with van der Waals surface area (Å²) in [5.41, 5.74) is 4.00. The molecule has 0 radical (unpaired) electrons. The van der Waals surface area contributed by atoms with Gasteiger partial charge >= 0.3 is 0 Å². The number of amides is 2. The number of rotatable bonds is 4. The molecule has 0 aromatic heterocycles. The normalized spacial score (nSPS) is 16.5. The van der Waals surface area contributed by atoms with Crippen molar-refractivity contribution in [3.63, 3.8) is 0 Å². The molecule has 1 unspecified atom stereocenters. The molecule has 2 aromatic rings. The van der Waals surface area contributed by atoms with E-state index >= 15 is 0 Å². The lowest BCUT2D eigenvalue weighted by atomic mass is 10.2. The van der Waals surface area contributed by atoms with Gasteiger partial charge in [-0.2, -0.15) is 5.10 Å². The second-order valence-corrected chi connectivity index (χ2v) is 6.83. The molecule has 0 bridgehead atoms. The van der Waals surface area contributed by atoms with E-state index in [4.69, 9.17) is 11.6 Å². The summed E-state index contributed by atoms with van der Waals surface area (Å²) in [6, 6.07) is 14.6. The summed E-state index contributed by atoms with van der Waals surface area (Å²) in [6.45, 7) is 0. The number of carbonyl (C=O) groups is 2. The molecule has 5 nitrogen and oxygen atoms in total. The first-order valence-corrected chi connectivity index (χ1v) is 8.51. The molecule has 122 valence electrons. The molecule has 2 N–H and O–H groups in total. The molecule has 2 aromatic carbocycles. The number of hydrogen-bond donors (Lipinski definition) is 2. The van der Waals surface area contributed by atoms with E-state index in [0.717, 1.165) is 16.1 Å². The van der Waals surface area contributed by atoms with E-state index < -0.39 is 5.25 Å². The van der Waals surface area contributed by atoms with Gasteiger partial charge < -0.3 is 5.32 Å². The Bertz CT molecular complexity index is 810. The zero-order valence-electron chi connectivity index (χ0n) is 12.5. The molecule has 2 amide bonds. The number of benzene rings is 2. The first-order valence-electron chi connectivity index (χ1n) is 7.26. The third-order valence-electron chi connectivity index (χ3n) is 3.33. The van der Waals surface area contributed by atoms with Gasteiger partial charge in [0.2, 0.25) is 11.8 Å². The third kappa shape index (κ3) is 4.15. The van der Waals surface area contributed by atoms with Gasteiger partial charge in [-0.3, -0.25) is 9.59 Å². The quantitative estimate of drug-likeness (QED) is 0.650. The fourth-order valence-electron chi connectivity index (χ4n) is 2.21. The van der Waals surface area contributed by atoms with Crippen LogP contribution in [0.3, 0.4) is 0 Å². The van der Waals surface area contributed by atoms with Crippen LogP contribution in [0, 0.1) is 0 Å². The van der Waals surface area contributed by atoms with Crippen molar-refractivity contribution in [1.29, 1.82) is 0 Å². The third-order valence-corrected chi connectivity index (χ3v) is 4.84. The van der Waals surface area contributed by atoms with Crippen LogP contribution in [0.25, 0.3) is 0 Å². The molecule has 1 aliphatic heterocycles. The van der Waals surface area contributed by atoms with Crippen LogP contribution in [0.2, 0.25) is 5.02 Å². The van der Waals surface area contributed by atoms with Crippen molar-refractivity contribution in [2.75, 3.05) is 5.32 Å². The van der Waals surface area contributed by atoms with E-state index in [9.17, 15) is 9.59 Å². The number of carbonyl (C=O) groups excluding carboxylic acids is 2. The van der Waals surface area contributed by atoms with Crippen molar-refractivity contribution < 1.29 is 9.59 Å². The highest BCUT2D eigenvalue weighted by atomic mass is 35.5. The predicted octanol–water partition coefficient (Wildman–Crippen LogP) is 3.29. The second-order valence-electron chi connectivity index (χ2n) is 5.14. The van der Waals surface area contributed by atoms with E-state index in [0.29, 0.717) is 5.02 Å². The van der Waals surface area contributed by atoms with Crippen LogP contribution in [0.5, 0.6) is 0 Å². The highest BCUT2D eigenvalue weighted by Crippen LogP contribution is 2.36. The van der Waals surface area contributed by atoms with Crippen LogP contribution in [0.15, 0.2) is 58.5 Å². The lowest BCUT2D eigenvalue weighted by Gasteiger charge is -2.23. The number of thioether (sulfide) groups is 1. The molecule has 1 heterocycles. The maximum atomic E-state index is 12.1. The number of hydrazone groups is 1. The Morgan fingerprint density at radius 2 is 2.12 bits per heavy atom. The van der Waals surface area contributed by atoms with Crippen molar-refractivity contribution in [2.45, 2.75) is 16.6 Å². The Labute approximate surface area is 148 Å². The average molecular weight is 360 g/mol. The van der Waals surface area contributed by atoms with Crippen LogP contribution in [-0.4, -0.2) is 23.3 Å². The molecule has 3 rings (SSSR count). The molecular formula is C17H14ClN3O2S.